The van der Waals surface area contributed by atoms with Crippen LogP contribution in [0.1, 0.15) is 30.9 Å². The number of aromatic nitrogens is 2. The van der Waals surface area contributed by atoms with Gasteiger partial charge in [0.05, 0.1) is 0 Å². The molecule has 0 amide bonds. The van der Waals surface area contributed by atoms with Gasteiger partial charge < -0.3 is 10.2 Å². The Morgan fingerprint density at radius 2 is 2.00 bits per heavy atom. The van der Waals surface area contributed by atoms with Crippen molar-refractivity contribution in [2.75, 3.05) is 36.4 Å². The molecular weight excluding hydrogens is 298 g/mol. The van der Waals surface area contributed by atoms with Crippen LogP contribution in [0.3, 0.4) is 0 Å². The summed E-state index contributed by atoms with van der Waals surface area (Å²) in [5.41, 5.74) is 4.06. The molecule has 2 aliphatic heterocycles. The zero-order chi connectivity index (χ0) is 16.4. The number of likely N-dealkylation sites (N-methyl/N-ethyl adjacent to an activating group) is 1. The van der Waals surface area contributed by atoms with E-state index in [2.05, 4.69) is 56.3 Å². The van der Waals surface area contributed by atoms with Gasteiger partial charge in [-0.25, -0.2) is 9.97 Å². The molecule has 0 spiro atoms. The molecule has 0 saturated carbocycles. The van der Waals surface area contributed by atoms with E-state index in [4.69, 9.17) is 0 Å². The average Bonchev–Trinajstić information content (AvgIpc) is 3.16. The molecule has 126 valence electrons. The highest BCUT2D eigenvalue weighted by Gasteiger charge is 2.18. The molecule has 1 fully saturated rings. The molecule has 4 rings (SSSR count). The Kier molecular flexibility index (Phi) is 4.34. The van der Waals surface area contributed by atoms with Crippen molar-refractivity contribution in [3.05, 3.63) is 41.7 Å². The molecule has 2 aromatic rings. The normalized spacial score (nSPS) is 17.8. The van der Waals surface area contributed by atoms with Crippen LogP contribution in [-0.2, 0) is 13.0 Å². The summed E-state index contributed by atoms with van der Waals surface area (Å²) in [6.45, 7) is 7.72. The van der Waals surface area contributed by atoms with Crippen LogP contribution in [0.2, 0.25) is 0 Å². The highest BCUT2D eigenvalue weighted by molar-refractivity contribution is 5.64. The van der Waals surface area contributed by atoms with Crippen LogP contribution < -0.4 is 10.2 Å². The van der Waals surface area contributed by atoms with Crippen molar-refractivity contribution < 1.29 is 0 Å². The first-order valence-corrected chi connectivity index (χ1v) is 9.00. The minimum atomic E-state index is 0.887. The molecular formula is C19H25N5. The molecule has 5 heteroatoms. The maximum Gasteiger partial charge on any atom is 0.135 e. The number of benzene rings is 1. The van der Waals surface area contributed by atoms with E-state index in [1.54, 1.807) is 6.33 Å². The van der Waals surface area contributed by atoms with Gasteiger partial charge in [0.25, 0.3) is 0 Å². The lowest BCUT2D eigenvalue weighted by Gasteiger charge is -2.29. The summed E-state index contributed by atoms with van der Waals surface area (Å²) in [5, 5.41) is 3.53. The van der Waals surface area contributed by atoms with Crippen molar-refractivity contribution in [2.24, 2.45) is 0 Å². The zero-order valence-corrected chi connectivity index (χ0v) is 14.3. The number of nitrogens with zero attached hydrogens (tertiary/aromatic N) is 4. The van der Waals surface area contributed by atoms with Crippen LogP contribution in [0.25, 0.3) is 0 Å². The van der Waals surface area contributed by atoms with Gasteiger partial charge >= 0.3 is 0 Å². The molecule has 0 atom stereocenters. The Labute approximate surface area is 143 Å². The second kappa shape index (κ2) is 6.77. The highest BCUT2D eigenvalue weighted by Crippen LogP contribution is 2.29. The Hall–Kier alpha value is -2.14. The van der Waals surface area contributed by atoms with Crippen molar-refractivity contribution in [1.82, 2.24) is 14.9 Å². The SMILES string of the molecule is CCN1CCc2c(cccc2Nc2cc(N3CCCC3)ncn2)C1. The summed E-state index contributed by atoms with van der Waals surface area (Å²) in [5.74, 6) is 1.92. The smallest absolute Gasteiger partial charge is 0.135 e. The van der Waals surface area contributed by atoms with Crippen molar-refractivity contribution >= 4 is 17.3 Å². The number of anilines is 3. The summed E-state index contributed by atoms with van der Waals surface area (Å²) in [4.78, 5) is 13.7. The minimum absolute atomic E-state index is 0.887. The predicted octanol–water partition coefficient (Wildman–Crippen LogP) is 3.20. The van der Waals surface area contributed by atoms with E-state index >= 15 is 0 Å². The number of nitrogens with one attached hydrogen (secondary N) is 1. The summed E-state index contributed by atoms with van der Waals surface area (Å²) in [7, 11) is 0. The largest absolute Gasteiger partial charge is 0.356 e. The van der Waals surface area contributed by atoms with Crippen LogP contribution in [0.15, 0.2) is 30.6 Å². The quantitative estimate of drug-likeness (QED) is 0.936. The van der Waals surface area contributed by atoms with Gasteiger partial charge in [-0.15, -0.1) is 0 Å². The van der Waals surface area contributed by atoms with Crippen LogP contribution in [0.5, 0.6) is 0 Å². The van der Waals surface area contributed by atoms with E-state index in [1.165, 1.54) is 29.7 Å². The summed E-state index contributed by atoms with van der Waals surface area (Å²) in [6.07, 6.45) is 5.28. The van der Waals surface area contributed by atoms with E-state index in [1.807, 2.05) is 0 Å². The molecule has 1 aromatic heterocycles. The fourth-order valence-corrected chi connectivity index (χ4v) is 3.73. The third-order valence-corrected chi connectivity index (χ3v) is 5.14. The topological polar surface area (TPSA) is 44.3 Å². The molecule has 0 unspecified atom stereocenters. The zero-order valence-electron chi connectivity index (χ0n) is 14.3. The van der Waals surface area contributed by atoms with E-state index in [-0.39, 0.29) is 0 Å². The van der Waals surface area contributed by atoms with Crippen molar-refractivity contribution in [3.8, 4) is 0 Å². The molecule has 1 N–H and O–H groups in total. The molecule has 0 bridgehead atoms. The van der Waals surface area contributed by atoms with Gasteiger partial charge in [0.15, 0.2) is 0 Å². The Bertz CT molecular complexity index is 709. The molecule has 24 heavy (non-hydrogen) atoms. The van der Waals surface area contributed by atoms with Gasteiger partial charge in [0, 0.05) is 37.9 Å². The number of hydrogen-bond donors (Lipinski definition) is 1. The Morgan fingerprint density at radius 3 is 2.83 bits per heavy atom. The monoisotopic (exact) mass is 323 g/mol. The molecule has 2 aliphatic rings. The maximum atomic E-state index is 4.44. The van der Waals surface area contributed by atoms with E-state index < -0.39 is 0 Å². The third kappa shape index (κ3) is 3.08. The minimum Gasteiger partial charge on any atom is -0.356 e. The van der Waals surface area contributed by atoms with Crippen LogP contribution in [0.4, 0.5) is 17.3 Å². The van der Waals surface area contributed by atoms with Gasteiger partial charge in [-0.3, -0.25) is 4.90 Å². The van der Waals surface area contributed by atoms with Crippen LogP contribution >= 0.6 is 0 Å². The molecule has 0 radical (unpaired) electrons. The van der Waals surface area contributed by atoms with Crippen molar-refractivity contribution in [1.29, 1.82) is 0 Å². The van der Waals surface area contributed by atoms with Gasteiger partial charge in [0.2, 0.25) is 0 Å². The molecule has 5 nitrogen and oxygen atoms in total. The lowest BCUT2D eigenvalue weighted by atomic mass is 9.98. The summed E-state index contributed by atoms with van der Waals surface area (Å²) in [6, 6.07) is 8.63. The highest BCUT2D eigenvalue weighted by atomic mass is 15.2. The lowest BCUT2D eigenvalue weighted by molar-refractivity contribution is 0.268. The molecule has 3 heterocycles. The lowest BCUT2D eigenvalue weighted by Crippen LogP contribution is -2.30. The van der Waals surface area contributed by atoms with Gasteiger partial charge in [0.1, 0.15) is 18.0 Å². The van der Waals surface area contributed by atoms with E-state index in [9.17, 15) is 0 Å². The van der Waals surface area contributed by atoms with Crippen LogP contribution in [-0.4, -0.2) is 41.0 Å². The Balaban J connectivity index is 1.57. The predicted molar refractivity (Wildman–Crippen MR) is 97.9 cm³/mol. The molecule has 1 aromatic carbocycles. The van der Waals surface area contributed by atoms with Crippen molar-refractivity contribution in [2.45, 2.75) is 32.7 Å². The third-order valence-electron chi connectivity index (χ3n) is 5.14. The second-order valence-corrected chi connectivity index (χ2v) is 6.64. The maximum absolute atomic E-state index is 4.44. The summed E-state index contributed by atoms with van der Waals surface area (Å²) < 4.78 is 0. The van der Waals surface area contributed by atoms with Gasteiger partial charge in [-0.05, 0) is 43.0 Å². The summed E-state index contributed by atoms with van der Waals surface area (Å²) >= 11 is 0. The Morgan fingerprint density at radius 1 is 1.12 bits per heavy atom. The fraction of sp³-hybridized carbons (Fsp3) is 0.474. The number of hydrogen-bond acceptors (Lipinski definition) is 5. The second-order valence-electron chi connectivity index (χ2n) is 6.64. The van der Waals surface area contributed by atoms with Gasteiger partial charge in [-0.1, -0.05) is 19.1 Å². The van der Waals surface area contributed by atoms with Crippen LogP contribution in [0, 0.1) is 0 Å². The molecule has 1 saturated heterocycles. The van der Waals surface area contributed by atoms with E-state index in [0.29, 0.717) is 0 Å². The average molecular weight is 323 g/mol. The van der Waals surface area contributed by atoms with Gasteiger partial charge in [-0.2, -0.15) is 0 Å². The first-order valence-electron chi connectivity index (χ1n) is 9.00. The first-order chi connectivity index (χ1) is 11.8. The molecule has 0 aliphatic carbocycles. The number of fused-ring (bicyclic) bond motifs is 1. The number of rotatable bonds is 4. The first kappa shape index (κ1) is 15.4. The fourth-order valence-electron chi connectivity index (χ4n) is 3.73. The van der Waals surface area contributed by atoms with Crippen molar-refractivity contribution in [3.63, 3.8) is 0 Å². The standard InChI is InChI=1S/C19H25N5/c1-2-23-11-8-16-15(13-23)6-5-7-17(16)22-18-12-19(21-14-20-18)24-9-3-4-10-24/h5-7,12,14H,2-4,8-11,13H2,1H3,(H,20,21,22). The van der Waals surface area contributed by atoms with E-state index in [0.717, 1.165) is 50.8 Å².